The van der Waals surface area contributed by atoms with Crippen molar-refractivity contribution >= 4 is 17.2 Å². The van der Waals surface area contributed by atoms with Crippen molar-refractivity contribution in [2.45, 2.75) is 13.0 Å². The molecule has 0 fully saturated rings. The van der Waals surface area contributed by atoms with Crippen LogP contribution in [0.15, 0.2) is 18.3 Å². The second kappa shape index (κ2) is 3.55. The summed E-state index contributed by atoms with van der Waals surface area (Å²) in [6, 6.07) is 1.95. The maximum absolute atomic E-state index is 5.59. The molecule has 0 amide bonds. The summed E-state index contributed by atoms with van der Waals surface area (Å²) < 4.78 is 0. The van der Waals surface area contributed by atoms with E-state index in [2.05, 4.69) is 20.4 Å². The molecule has 1 atom stereocenters. The number of H-pyrrole nitrogens is 1. The van der Waals surface area contributed by atoms with Crippen molar-refractivity contribution in [3.63, 3.8) is 0 Å². The van der Waals surface area contributed by atoms with Crippen LogP contribution >= 0.6 is 0 Å². The van der Waals surface area contributed by atoms with Gasteiger partial charge in [-0.3, -0.25) is 0 Å². The summed E-state index contributed by atoms with van der Waals surface area (Å²) in [7, 11) is 0. The van der Waals surface area contributed by atoms with E-state index in [0.29, 0.717) is 5.65 Å². The molecule has 0 aliphatic carbocycles. The van der Waals surface area contributed by atoms with Gasteiger partial charge >= 0.3 is 0 Å². The van der Waals surface area contributed by atoms with E-state index in [4.69, 9.17) is 5.73 Å². The summed E-state index contributed by atoms with van der Waals surface area (Å²) in [4.78, 5) is 4.12. The van der Waals surface area contributed by atoms with Gasteiger partial charge in [-0.25, -0.2) is 4.98 Å². The highest BCUT2D eigenvalue weighted by Crippen LogP contribution is 2.08. The van der Waals surface area contributed by atoms with Crippen LogP contribution in [-0.4, -0.2) is 26.4 Å². The zero-order valence-electron chi connectivity index (χ0n) is 7.81. The Morgan fingerprint density at radius 1 is 1.50 bits per heavy atom. The summed E-state index contributed by atoms with van der Waals surface area (Å²) >= 11 is 0. The van der Waals surface area contributed by atoms with Gasteiger partial charge in [-0.2, -0.15) is 10.3 Å². The third-order valence-electron chi connectivity index (χ3n) is 1.79. The average molecular weight is 189 g/mol. The molecule has 0 bridgehead atoms. The lowest BCUT2D eigenvalue weighted by Crippen LogP contribution is -2.09. The fourth-order valence-electron chi connectivity index (χ4n) is 1.11. The van der Waals surface area contributed by atoms with E-state index < -0.39 is 0 Å². The van der Waals surface area contributed by atoms with Gasteiger partial charge in [0.2, 0.25) is 5.65 Å². The standard InChI is InChI=1S/C9H11N5/c1-6(10)2-3-7-4-8-9(11-5-7)13-14-12-8/h2-6H,10H2,1H3,(H,11,12,13,14)/b3-2+. The molecule has 0 aliphatic rings. The minimum absolute atomic E-state index is 0.0444. The molecule has 0 saturated carbocycles. The number of aromatic nitrogens is 4. The van der Waals surface area contributed by atoms with E-state index >= 15 is 0 Å². The maximum atomic E-state index is 5.59. The number of aromatic amines is 1. The summed E-state index contributed by atoms with van der Waals surface area (Å²) in [5.74, 6) is 0. The lowest BCUT2D eigenvalue weighted by Gasteiger charge is -1.94. The van der Waals surface area contributed by atoms with Crippen LogP contribution in [0.1, 0.15) is 12.5 Å². The molecular formula is C9H11N5. The smallest absolute Gasteiger partial charge is 0.201 e. The zero-order chi connectivity index (χ0) is 9.97. The van der Waals surface area contributed by atoms with Gasteiger partial charge in [-0.05, 0) is 18.6 Å². The fourth-order valence-corrected chi connectivity index (χ4v) is 1.11. The van der Waals surface area contributed by atoms with Crippen LogP contribution < -0.4 is 5.73 Å². The van der Waals surface area contributed by atoms with E-state index in [1.807, 2.05) is 25.1 Å². The highest BCUT2D eigenvalue weighted by molar-refractivity contribution is 5.72. The first-order valence-corrected chi connectivity index (χ1v) is 4.36. The molecule has 0 aliphatic heterocycles. The Kier molecular flexibility index (Phi) is 2.24. The Hall–Kier alpha value is -1.75. The monoisotopic (exact) mass is 189 g/mol. The molecule has 1 unspecified atom stereocenters. The van der Waals surface area contributed by atoms with E-state index in [9.17, 15) is 0 Å². The molecule has 5 heteroatoms. The topological polar surface area (TPSA) is 80.5 Å². The SMILES string of the molecule is CC(N)/C=C/c1cnc2n[nH]nc2c1. The van der Waals surface area contributed by atoms with Gasteiger partial charge in [0.1, 0.15) is 5.52 Å². The van der Waals surface area contributed by atoms with Gasteiger partial charge in [0.15, 0.2) is 0 Å². The number of hydrogen-bond acceptors (Lipinski definition) is 4. The normalized spacial score (nSPS) is 13.9. The highest BCUT2D eigenvalue weighted by atomic mass is 15.3. The molecule has 0 saturated heterocycles. The third-order valence-corrected chi connectivity index (χ3v) is 1.79. The van der Waals surface area contributed by atoms with E-state index in [0.717, 1.165) is 11.1 Å². The van der Waals surface area contributed by atoms with Gasteiger partial charge in [0.05, 0.1) is 0 Å². The first-order chi connectivity index (χ1) is 6.75. The quantitative estimate of drug-likeness (QED) is 0.729. The molecule has 14 heavy (non-hydrogen) atoms. The van der Waals surface area contributed by atoms with E-state index in [1.165, 1.54) is 0 Å². The number of pyridine rings is 1. The van der Waals surface area contributed by atoms with Crippen molar-refractivity contribution < 1.29 is 0 Å². The minimum atomic E-state index is 0.0444. The molecular weight excluding hydrogens is 178 g/mol. The number of rotatable bonds is 2. The fraction of sp³-hybridized carbons (Fsp3) is 0.222. The highest BCUT2D eigenvalue weighted by Gasteiger charge is 1.98. The van der Waals surface area contributed by atoms with Gasteiger partial charge in [0, 0.05) is 12.2 Å². The van der Waals surface area contributed by atoms with Crippen molar-refractivity contribution in [3.05, 3.63) is 23.9 Å². The molecule has 2 aromatic heterocycles. The largest absolute Gasteiger partial charge is 0.325 e. The van der Waals surface area contributed by atoms with Crippen molar-refractivity contribution in [2.24, 2.45) is 5.73 Å². The Morgan fingerprint density at radius 2 is 2.36 bits per heavy atom. The minimum Gasteiger partial charge on any atom is -0.325 e. The van der Waals surface area contributed by atoms with Crippen LogP contribution in [-0.2, 0) is 0 Å². The van der Waals surface area contributed by atoms with Crippen molar-refractivity contribution in [2.75, 3.05) is 0 Å². The van der Waals surface area contributed by atoms with Crippen LogP contribution in [0.2, 0.25) is 0 Å². The van der Waals surface area contributed by atoms with Gasteiger partial charge in [0.25, 0.3) is 0 Å². The summed E-state index contributed by atoms with van der Waals surface area (Å²) in [5.41, 5.74) is 7.96. The first-order valence-electron chi connectivity index (χ1n) is 4.36. The van der Waals surface area contributed by atoms with E-state index in [1.54, 1.807) is 6.20 Å². The van der Waals surface area contributed by atoms with Crippen molar-refractivity contribution in [1.82, 2.24) is 20.4 Å². The summed E-state index contributed by atoms with van der Waals surface area (Å²) in [6.07, 6.45) is 5.57. The van der Waals surface area contributed by atoms with Crippen molar-refractivity contribution in [1.29, 1.82) is 0 Å². The lowest BCUT2D eigenvalue weighted by molar-refractivity contribution is 0.931. The second-order valence-corrected chi connectivity index (χ2v) is 3.15. The number of nitrogens with one attached hydrogen (secondary N) is 1. The van der Waals surface area contributed by atoms with Gasteiger partial charge in [-0.1, -0.05) is 12.2 Å². The Morgan fingerprint density at radius 3 is 3.14 bits per heavy atom. The summed E-state index contributed by atoms with van der Waals surface area (Å²) in [6.45, 7) is 1.92. The molecule has 0 spiro atoms. The molecule has 3 N–H and O–H groups in total. The molecule has 5 nitrogen and oxygen atoms in total. The average Bonchev–Trinajstić information content (AvgIpc) is 2.61. The predicted molar refractivity (Wildman–Crippen MR) is 54.4 cm³/mol. The number of nitrogens with two attached hydrogens (primary N) is 1. The van der Waals surface area contributed by atoms with E-state index in [-0.39, 0.29) is 6.04 Å². The van der Waals surface area contributed by atoms with Crippen LogP contribution in [0.3, 0.4) is 0 Å². The summed E-state index contributed by atoms with van der Waals surface area (Å²) in [5, 5.41) is 10.3. The van der Waals surface area contributed by atoms with Crippen LogP contribution in [0.4, 0.5) is 0 Å². The number of nitrogens with zero attached hydrogens (tertiary/aromatic N) is 3. The zero-order valence-corrected chi connectivity index (χ0v) is 7.81. The van der Waals surface area contributed by atoms with Crippen LogP contribution in [0.25, 0.3) is 17.2 Å². The van der Waals surface area contributed by atoms with Crippen LogP contribution in [0, 0.1) is 0 Å². The molecule has 2 heterocycles. The number of hydrogen-bond donors (Lipinski definition) is 2. The number of fused-ring (bicyclic) bond motifs is 1. The van der Waals surface area contributed by atoms with Crippen molar-refractivity contribution in [3.8, 4) is 0 Å². The van der Waals surface area contributed by atoms with Gasteiger partial charge in [-0.15, -0.1) is 5.10 Å². The van der Waals surface area contributed by atoms with Crippen LogP contribution in [0.5, 0.6) is 0 Å². The third kappa shape index (κ3) is 1.77. The molecule has 72 valence electrons. The maximum Gasteiger partial charge on any atom is 0.201 e. The predicted octanol–water partition coefficient (Wildman–Crippen LogP) is 0.713. The second-order valence-electron chi connectivity index (χ2n) is 3.15. The van der Waals surface area contributed by atoms with Gasteiger partial charge < -0.3 is 5.73 Å². The molecule has 2 aromatic rings. The Bertz CT molecular complexity index is 457. The lowest BCUT2D eigenvalue weighted by atomic mass is 10.2. The molecule has 0 radical (unpaired) electrons. The first kappa shape index (κ1) is 8.83. The molecule has 0 aromatic carbocycles. The Labute approximate surface area is 81.0 Å². The molecule has 2 rings (SSSR count). The Balaban J connectivity index is 2.34.